The van der Waals surface area contributed by atoms with Crippen molar-refractivity contribution in [2.24, 2.45) is 5.73 Å². The van der Waals surface area contributed by atoms with E-state index in [-0.39, 0.29) is 0 Å². The minimum Gasteiger partial charge on any atom is -0.380 e. The molecule has 0 amide bonds. The Morgan fingerprint density at radius 3 is 2.46 bits per heavy atom. The van der Waals surface area contributed by atoms with Gasteiger partial charge in [0.25, 0.3) is 0 Å². The van der Waals surface area contributed by atoms with Crippen molar-refractivity contribution in [3.05, 3.63) is 0 Å². The SMILES string of the molecule is CCCCOCCN(CC)CCN. The highest BCUT2D eigenvalue weighted by atomic mass is 16.5. The van der Waals surface area contributed by atoms with Crippen molar-refractivity contribution in [2.75, 3.05) is 39.4 Å². The van der Waals surface area contributed by atoms with Crippen molar-refractivity contribution >= 4 is 0 Å². The third kappa shape index (κ3) is 8.22. The number of ether oxygens (including phenoxy) is 1. The lowest BCUT2D eigenvalue weighted by molar-refractivity contribution is 0.104. The maximum Gasteiger partial charge on any atom is 0.0593 e. The van der Waals surface area contributed by atoms with Crippen molar-refractivity contribution in [2.45, 2.75) is 26.7 Å². The summed E-state index contributed by atoms with van der Waals surface area (Å²) in [6, 6.07) is 0. The summed E-state index contributed by atoms with van der Waals surface area (Å²) in [4.78, 5) is 2.31. The van der Waals surface area contributed by atoms with Crippen molar-refractivity contribution < 1.29 is 4.74 Å². The van der Waals surface area contributed by atoms with Crippen molar-refractivity contribution in [1.82, 2.24) is 4.90 Å². The average molecular weight is 188 g/mol. The molecule has 0 fully saturated rings. The highest BCUT2D eigenvalue weighted by molar-refractivity contribution is 4.54. The van der Waals surface area contributed by atoms with Crippen LogP contribution in [0.2, 0.25) is 0 Å². The van der Waals surface area contributed by atoms with Crippen molar-refractivity contribution in [3.8, 4) is 0 Å². The lowest BCUT2D eigenvalue weighted by atomic mass is 10.4. The number of unbranched alkanes of at least 4 members (excludes halogenated alkanes) is 1. The summed E-state index contributed by atoms with van der Waals surface area (Å²) in [5.41, 5.74) is 5.47. The molecule has 0 rings (SSSR count). The van der Waals surface area contributed by atoms with Gasteiger partial charge in [-0.2, -0.15) is 0 Å². The first-order valence-electron chi connectivity index (χ1n) is 5.35. The van der Waals surface area contributed by atoms with E-state index in [9.17, 15) is 0 Å². The summed E-state index contributed by atoms with van der Waals surface area (Å²) in [6.07, 6.45) is 2.38. The zero-order valence-corrected chi connectivity index (χ0v) is 9.09. The predicted octanol–water partition coefficient (Wildman–Crippen LogP) is 1.08. The summed E-state index contributed by atoms with van der Waals surface area (Å²) < 4.78 is 5.47. The Hall–Kier alpha value is -0.120. The molecule has 0 atom stereocenters. The zero-order valence-electron chi connectivity index (χ0n) is 9.09. The van der Waals surface area contributed by atoms with Gasteiger partial charge in [0.05, 0.1) is 6.61 Å². The summed E-state index contributed by atoms with van der Waals surface area (Å²) in [5, 5.41) is 0. The first-order valence-corrected chi connectivity index (χ1v) is 5.35. The lowest BCUT2D eigenvalue weighted by Gasteiger charge is -2.18. The number of hydrogen-bond donors (Lipinski definition) is 1. The molecule has 0 aromatic heterocycles. The van der Waals surface area contributed by atoms with Crippen LogP contribution in [-0.2, 0) is 4.74 Å². The predicted molar refractivity (Wildman–Crippen MR) is 56.9 cm³/mol. The van der Waals surface area contributed by atoms with Crippen LogP contribution < -0.4 is 5.73 Å². The molecule has 0 radical (unpaired) electrons. The lowest BCUT2D eigenvalue weighted by Crippen LogP contribution is -2.32. The number of nitrogens with zero attached hydrogens (tertiary/aromatic N) is 1. The van der Waals surface area contributed by atoms with Crippen LogP contribution in [0.4, 0.5) is 0 Å². The van der Waals surface area contributed by atoms with Gasteiger partial charge in [0.1, 0.15) is 0 Å². The molecule has 0 bridgehead atoms. The Morgan fingerprint density at radius 2 is 1.92 bits per heavy atom. The van der Waals surface area contributed by atoms with E-state index in [2.05, 4.69) is 18.7 Å². The number of hydrogen-bond acceptors (Lipinski definition) is 3. The molecule has 3 heteroatoms. The van der Waals surface area contributed by atoms with Crippen molar-refractivity contribution in [1.29, 1.82) is 0 Å². The third-order valence-corrected chi connectivity index (χ3v) is 2.09. The first-order chi connectivity index (χ1) is 6.35. The van der Waals surface area contributed by atoms with Crippen LogP contribution in [-0.4, -0.2) is 44.3 Å². The van der Waals surface area contributed by atoms with Gasteiger partial charge in [-0.1, -0.05) is 20.3 Å². The van der Waals surface area contributed by atoms with Gasteiger partial charge in [-0.05, 0) is 13.0 Å². The standard InChI is InChI=1S/C10H24N2O/c1-3-5-9-13-10-8-12(4-2)7-6-11/h3-11H2,1-2H3. The Balaban J connectivity index is 3.17. The van der Waals surface area contributed by atoms with Gasteiger partial charge < -0.3 is 15.4 Å². The van der Waals surface area contributed by atoms with Gasteiger partial charge in [0.15, 0.2) is 0 Å². The van der Waals surface area contributed by atoms with E-state index in [0.29, 0.717) is 0 Å². The molecule has 0 aliphatic heterocycles. The minimum absolute atomic E-state index is 0.739. The van der Waals surface area contributed by atoms with E-state index in [0.717, 1.165) is 39.4 Å². The molecule has 0 aliphatic carbocycles. The summed E-state index contributed by atoms with van der Waals surface area (Å²) in [5.74, 6) is 0. The van der Waals surface area contributed by atoms with E-state index in [1.807, 2.05) is 0 Å². The minimum atomic E-state index is 0.739. The molecular formula is C10H24N2O. The second-order valence-corrected chi connectivity index (χ2v) is 3.19. The second kappa shape index (κ2) is 9.96. The van der Waals surface area contributed by atoms with Crippen LogP contribution in [0, 0.1) is 0 Å². The smallest absolute Gasteiger partial charge is 0.0593 e. The van der Waals surface area contributed by atoms with E-state index in [1.165, 1.54) is 12.8 Å². The molecule has 0 spiro atoms. The number of likely N-dealkylation sites (N-methyl/N-ethyl adjacent to an activating group) is 1. The van der Waals surface area contributed by atoms with E-state index >= 15 is 0 Å². The Morgan fingerprint density at radius 1 is 1.15 bits per heavy atom. The van der Waals surface area contributed by atoms with Gasteiger partial charge in [-0.25, -0.2) is 0 Å². The molecule has 3 nitrogen and oxygen atoms in total. The fourth-order valence-corrected chi connectivity index (χ4v) is 1.15. The first kappa shape index (κ1) is 12.9. The molecule has 0 unspecified atom stereocenters. The van der Waals surface area contributed by atoms with E-state index in [1.54, 1.807) is 0 Å². The molecular weight excluding hydrogens is 164 g/mol. The molecule has 0 saturated heterocycles. The van der Waals surface area contributed by atoms with Gasteiger partial charge in [-0.3, -0.25) is 0 Å². The molecule has 2 N–H and O–H groups in total. The average Bonchev–Trinajstić information content (AvgIpc) is 2.16. The molecule has 0 aromatic carbocycles. The van der Waals surface area contributed by atoms with Crippen LogP contribution in [0.25, 0.3) is 0 Å². The zero-order chi connectivity index (χ0) is 9.94. The Kier molecular flexibility index (Phi) is 9.87. The Bertz CT molecular complexity index is 98.9. The van der Waals surface area contributed by atoms with E-state index < -0.39 is 0 Å². The van der Waals surface area contributed by atoms with Crippen LogP contribution in [0.15, 0.2) is 0 Å². The highest BCUT2D eigenvalue weighted by Crippen LogP contribution is 1.90. The largest absolute Gasteiger partial charge is 0.380 e. The normalized spacial score (nSPS) is 11.1. The molecule has 13 heavy (non-hydrogen) atoms. The van der Waals surface area contributed by atoms with E-state index in [4.69, 9.17) is 10.5 Å². The number of rotatable bonds is 9. The van der Waals surface area contributed by atoms with Crippen LogP contribution in [0.5, 0.6) is 0 Å². The monoisotopic (exact) mass is 188 g/mol. The van der Waals surface area contributed by atoms with Gasteiger partial charge in [-0.15, -0.1) is 0 Å². The van der Waals surface area contributed by atoms with Gasteiger partial charge in [0.2, 0.25) is 0 Å². The molecule has 0 saturated carbocycles. The quantitative estimate of drug-likeness (QED) is 0.550. The highest BCUT2D eigenvalue weighted by Gasteiger charge is 1.99. The molecule has 0 aromatic rings. The summed E-state index contributed by atoms with van der Waals surface area (Å²) in [7, 11) is 0. The fourth-order valence-electron chi connectivity index (χ4n) is 1.15. The summed E-state index contributed by atoms with van der Waals surface area (Å²) in [6.45, 7) is 9.87. The van der Waals surface area contributed by atoms with Crippen LogP contribution >= 0.6 is 0 Å². The molecule has 80 valence electrons. The maximum atomic E-state index is 5.47. The molecule has 0 aliphatic rings. The Labute approximate surface area is 82.2 Å². The van der Waals surface area contributed by atoms with Crippen LogP contribution in [0.1, 0.15) is 26.7 Å². The summed E-state index contributed by atoms with van der Waals surface area (Å²) >= 11 is 0. The maximum absolute atomic E-state index is 5.47. The topological polar surface area (TPSA) is 38.5 Å². The van der Waals surface area contributed by atoms with Gasteiger partial charge in [0, 0.05) is 26.2 Å². The second-order valence-electron chi connectivity index (χ2n) is 3.19. The van der Waals surface area contributed by atoms with Crippen molar-refractivity contribution in [3.63, 3.8) is 0 Å². The van der Waals surface area contributed by atoms with Crippen LogP contribution in [0.3, 0.4) is 0 Å². The third-order valence-electron chi connectivity index (χ3n) is 2.09. The fraction of sp³-hybridized carbons (Fsp3) is 1.00. The van der Waals surface area contributed by atoms with Gasteiger partial charge >= 0.3 is 0 Å². The molecule has 0 heterocycles. The number of nitrogens with two attached hydrogens (primary N) is 1.